The molecule has 0 bridgehead atoms. The molecule has 0 aliphatic carbocycles. The standard InChI is InChI=1S/C13H17FN2O2/c1-8-7-18-5-4-12(8)16-13(17)10-6-9(14)2-3-11(10)15/h2-3,6,8,12H,4-5,7,15H2,1H3,(H,16,17). The van der Waals surface area contributed by atoms with E-state index in [1.54, 1.807) is 0 Å². The molecule has 0 saturated carbocycles. The number of carbonyl (C=O) groups is 1. The van der Waals surface area contributed by atoms with Crippen LogP contribution in [0.4, 0.5) is 10.1 Å². The van der Waals surface area contributed by atoms with E-state index < -0.39 is 5.82 Å². The molecular formula is C13H17FN2O2. The number of hydrogen-bond acceptors (Lipinski definition) is 3. The second-order valence-electron chi connectivity index (χ2n) is 4.65. The molecule has 1 aliphatic rings. The molecule has 98 valence electrons. The van der Waals surface area contributed by atoms with Gasteiger partial charge in [0.2, 0.25) is 0 Å². The monoisotopic (exact) mass is 252 g/mol. The molecule has 18 heavy (non-hydrogen) atoms. The largest absolute Gasteiger partial charge is 0.398 e. The number of benzene rings is 1. The van der Waals surface area contributed by atoms with E-state index in [4.69, 9.17) is 10.5 Å². The molecule has 0 radical (unpaired) electrons. The first-order valence-corrected chi connectivity index (χ1v) is 6.01. The van der Waals surface area contributed by atoms with Crippen LogP contribution in [0.25, 0.3) is 0 Å². The summed E-state index contributed by atoms with van der Waals surface area (Å²) in [5.41, 5.74) is 6.15. The van der Waals surface area contributed by atoms with E-state index >= 15 is 0 Å². The summed E-state index contributed by atoms with van der Waals surface area (Å²) in [6.45, 7) is 3.27. The fraction of sp³-hybridized carbons (Fsp3) is 0.462. The Morgan fingerprint density at radius 2 is 2.33 bits per heavy atom. The van der Waals surface area contributed by atoms with Gasteiger partial charge in [-0.25, -0.2) is 4.39 Å². The predicted octanol–water partition coefficient (Wildman–Crippen LogP) is 1.56. The van der Waals surface area contributed by atoms with Gasteiger partial charge >= 0.3 is 0 Å². The van der Waals surface area contributed by atoms with Crippen molar-refractivity contribution in [2.45, 2.75) is 19.4 Å². The zero-order chi connectivity index (χ0) is 13.1. The summed E-state index contributed by atoms with van der Waals surface area (Å²) in [5, 5.41) is 2.89. The molecule has 1 aromatic rings. The Morgan fingerprint density at radius 3 is 3.06 bits per heavy atom. The minimum absolute atomic E-state index is 0.0499. The molecule has 1 saturated heterocycles. The predicted molar refractivity (Wildman–Crippen MR) is 66.7 cm³/mol. The zero-order valence-corrected chi connectivity index (χ0v) is 10.3. The van der Waals surface area contributed by atoms with Crippen molar-refractivity contribution < 1.29 is 13.9 Å². The van der Waals surface area contributed by atoms with E-state index in [-0.39, 0.29) is 29.1 Å². The Labute approximate surface area is 105 Å². The Balaban J connectivity index is 2.09. The number of nitrogens with two attached hydrogens (primary N) is 1. The highest BCUT2D eigenvalue weighted by atomic mass is 19.1. The number of anilines is 1. The van der Waals surface area contributed by atoms with Gasteiger partial charge in [-0.2, -0.15) is 0 Å². The third-order valence-corrected chi connectivity index (χ3v) is 3.22. The lowest BCUT2D eigenvalue weighted by Gasteiger charge is -2.29. The SMILES string of the molecule is CC1COCCC1NC(=O)c1cc(F)ccc1N. The van der Waals surface area contributed by atoms with E-state index in [1.807, 2.05) is 6.92 Å². The van der Waals surface area contributed by atoms with Crippen LogP contribution < -0.4 is 11.1 Å². The lowest BCUT2D eigenvalue weighted by molar-refractivity contribution is 0.0375. The summed E-state index contributed by atoms with van der Waals surface area (Å²) < 4.78 is 18.4. The van der Waals surface area contributed by atoms with Crippen LogP contribution in [0.3, 0.4) is 0 Å². The lowest BCUT2D eigenvalue weighted by atomic mass is 9.97. The summed E-state index contributed by atoms with van der Waals surface area (Å²) >= 11 is 0. The molecule has 2 atom stereocenters. The van der Waals surface area contributed by atoms with Gasteiger partial charge in [-0.3, -0.25) is 4.79 Å². The summed E-state index contributed by atoms with van der Waals surface area (Å²) in [6.07, 6.45) is 0.766. The van der Waals surface area contributed by atoms with Crippen LogP contribution >= 0.6 is 0 Å². The summed E-state index contributed by atoms with van der Waals surface area (Å²) in [4.78, 5) is 12.0. The molecular weight excluding hydrogens is 235 g/mol. The highest BCUT2D eigenvalue weighted by Crippen LogP contribution is 2.17. The van der Waals surface area contributed by atoms with Crippen molar-refractivity contribution >= 4 is 11.6 Å². The van der Waals surface area contributed by atoms with Crippen LogP contribution in [0.15, 0.2) is 18.2 Å². The van der Waals surface area contributed by atoms with Gasteiger partial charge in [-0.15, -0.1) is 0 Å². The Bertz CT molecular complexity index is 451. The lowest BCUT2D eigenvalue weighted by Crippen LogP contribution is -2.44. The Kier molecular flexibility index (Phi) is 3.81. The number of carbonyl (C=O) groups excluding carboxylic acids is 1. The van der Waals surface area contributed by atoms with Crippen LogP contribution in [0.5, 0.6) is 0 Å². The normalized spacial score (nSPS) is 23.7. The Morgan fingerprint density at radius 1 is 1.56 bits per heavy atom. The molecule has 5 heteroatoms. The van der Waals surface area contributed by atoms with E-state index in [0.29, 0.717) is 13.2 Å². The van der Waals surface area contributed by atoms with E-state index in [1.165, 1.54) is 12.1 Å². The number of ether oxygens (including phenoxy) is 1. The molecule has 4 nitrogen and oxygen atoms in total. The second-order valence-corrected chi connectivity index (χ2v) is 4.65. The van der Waals surface area contributed by atoms with Gasteiger partial charge in [0.05, 0.1) is 12.2 Å². The summed E-state index contributed by atoms with van der Waals surface area (Å²) in [6, 6.07) is 3.85. The van der Waals surface area contributed by atoms with Crippen LogP contribution in [0, 0.1) is 11.7 Å². The number of rotatable bonds is 2. The second kappa shape index (κ2) is 5.35. The molecule has 1 aromatic carbocycles. The van der Waals surface area contributed by atoms with Crippen molar-refractivity contribution in [3.8, 4) is 0 Å². The van der Waals surface area contributed by atoms with Gasteiger partial charge in [0.15, 0.2) is 0 Å². The first-order valence-electron chi connectivity index (χ1n) is 6.01. The van der Waals surface area contributed by atoms with Gasteiger partial charge in [0.25, 0.3) is 5.91 Å². The quantitative estimate of drug-likeness (QED) is 0.785. The molecule has 0 spiro atoms. The van der Waals surface area contributed by atoms with Gasteiger partial charge in [0.1, 0.15) is 5.82 Å². The molecule has 2 unspecified atom stereocenters. The maximum atomic E-state index is 13.1. The molecule has 0 aromatic heterocycles. The topological polar surface area (TPSA) is 64.3 Å². The van der Waals surface area contributed by atoms with Crippen molar-refractivity contribution in [2.24, 2.45) is 5.92 Å². The minimum atomic E-state index is -0.464. The van der Waals surface area contributed by atoms with E-state index in [9.17, 15) is 9.18 Å². The maximum Gasteiger partial charge on any atom is 0.253 e. The highest BCUT2D eigenvalue weighted by Gasteiger charge is 2.24. The average molecular weight is 252 g/mol. The molecule has 1 heterocycles. The smallest absolute Gasteiger partial charge is 0.253 e. The van der Waals surface area contributed by atoms with E-state index in [2.05, 4.69) is 5.32 Å². The van der Waals surface area contributed by atoms with Crippen molar-refractivity contribution in [1.29, 1.82) is 0 Å². The number of halogens is 1. The number of hydrogen-bond donors (Lipinski definition) is 2. The fourth-order valence-corrected chi connectivity index (χ4v) is 2.07. The average Bonchev–Trinajstić information content (AvgIpc) is 2.35. The van der Waals surface area contributed by atoms with Crippen LogP contribution in [-0.2, 0) is 4.74 Å². The first kappa shape index (κ1) is 12.8. The molecule has 1 amide bonds. The van der Waals surface area contributed by atoms with E-state index in [0.717, 1.165) is 12.5 Å². The number of nitrogens with one attached hydrogen (secondary N) is 1. The van der Waals surface area contributed by atoms with Gasteiger partial charge < -0.3 is 15.8 Å². The Hall–Kier alpha value is -1.62. The summed E-state index contributed by atoms with van der Waals surface area (Å²) in [7, 11) is 0. The van der Waals surface area contributed by atoms with Crippen LogP contribution in [0.2, 0.25) is 0 Å². The first-order chi connectivity index (χ1) is 8.58. The van der Waals surface area contributed by atoms with Gasteiger partial charge in [-0.05, 0) is 30.5 Å². The maximum absolute atomic E-state index is 13.1. The third-order valence-electron chi connectivity index (χ3n) is 3.22. The van der Waals surface area contributed by atoms with Crippen molar-refractivity contribution in [3.05, 3.63) is 29.6 Å². The van der Waals surface area contributed by atoms with Crippen LogP contribution in [-0.4, -0.2) is 25.2 Å². The number of amides is 1. The van der Waals surface area contributed by atoms with Crippen molar-refractivity contribution in [2.75, 3.05) is 18.9 Å². The summed E-state index contributed by atoms with van der Waals surface area (Å²) in [5.74, 6) is -0.544. The molecule has 2 rings (SSSR count). The molecule has 3 N–H and O–H groups in total. The van der Waals surface area contributed by atoms with Crippen molar-refractivity contribution in [1.82, 2.24) is 5.32 Å². The minimum Gasteiger partial charge on any atom is -0.398 e. The van der Waals surface area contributed by atoms with Crippen LogP contribution in [0.1, 0.15) is 23.7 Å². The van der Waals surface area contributed by atoms with Gasteiger partial charge in [0, 0.05) is 18.3 Å². The molecule has 1 aliphatic heterocycles. The molecule has 1 fully saturated rings. The fourth-order valence-electron chi connectivity index (χ4n) is 2.07. The third kappa shape index (κ3) is 2.79. The number of nitrogen functional groups attached to an aromatic ring is 1. The van der Waals surface area contributed by atoms with Gasteiger partial charge in [-0.1, -0.05) is 6.92 Å². The highest BCUT2D eigenvalue weighted by molar-refractivity contribution is 5.99. The van der Waals surface area contributed by atoms with Crippen molar-refractivity contribution in [3.63, 3.8) is 0 Å². The zero-order valence-electron chi connectivity index (χ0n) is 10.3.